The van der Waals surface area contributed by atoms with E-state index in [0.29, 0.717) is 11.6 Å². The van der Waals surface area contributed by atoms with Crippen LogP contribution in [0.15, 0.2) is 18.3 Å². The molecule has 0 aliphatic heterocycles. The summed E-state index contributed by atoms with van der Waals surface area (Å²) in [6, 6.07) is 3.32. The zero-order valence-corrected chi connectivity index (χ0v) is 12.5. The summed E-state index contributed by atoms with van der Waals surface area (Å²) in [6.45, 7) is 4.62. The average Bonchev–Trinajstić information content (AvgIpc) is 2.74. The van der Waals surface area contributed by atoms with E-state index in [0.717, 1.165) is 6.54 Å². The lowest BCUT2D eigenvalue weighted by Crippen LogP contribution is -2.45. The summed E-state index contributed by atoms with van der Waals surface area (Å²) < 4.78 is 1.44. The number of carboxylic acid groups (broad SMARTS) is 1. The summed E-state index contributed by atoms with van der Waals surface area (Å²) >= 11 is 0. The zero-order valence-electron chi connectivity index (χ0n) is 12.5. The fourth-order valence-electron chi connectivity index (χ4n) is 1.96. The molecule has 0 bridgehead atoms. The van der Waals surface area contributed by atoms with Gasteiger partial charge in [0.1, 0.15) is 12.2 Å². The summed E-state index contributed by atoms with van der Waals surface area (Å²) in [4.78, 5) is 25.0. The van der Waals surface area contributed by atoms with Crippen LogP contribution in [-0.2, 0) is 11.3 Å². The molecule has 6 heteroatoms. The average molecular weight is 281 g/mol. The fourth-order valence-corrected chi connectivity index (χ4v) is 1.96. The SMILES string of the molecule is CC(C)C(CN(C)C)NC(=O)c1cccn1CC(=O)O. The number of nitrogens with zero attached hydrogens (tertiary/aromatic N) is 2. The van der Waals surface area contributed by atoms with Gasteiger partial charge >= 0.3 is 5.97 Å². The first-order valence-corrected chi connectivity index (χ1v) is 6.63. The summed E-state index contributed by atoms with van der Waals surface area (Å²) in [5.74, 6) is -0.912. The molecule has 0 spiro atoms. The van der Waals surface area contributed by atoms with Gasteiger partial charge in [0.2, 0.25) is 0 Å². The van der Waals surface area contributed by atoms with E-state index in [1.807, 2.05) is 32.8 Å². The van der Waals surface area contributed by atoms with Gasteiger partial charge in [0.25, 0.3) is 5.91 Å². The number of amides is 1. The van der Waals surface area contributed by atoms with Crippen molar-refractivity contribution in [2.24, 2.45) is 5.92 Å². The van der Waals surface area contributed by atoms with Gasteiger partial charge in [-0.3, -0.25) is 9.59 Å². The minimum Gasteiger partial charge on any atom is -0.480 e. The Morgan fingerprint density at radius 3 is 2.55 bits per heavy atom. The Bertz CT molecular complexity index is 466. The number of carbonyl (C=O) groups is 2. The molecule has 0 aliphatic carbocycles. The van der Waals surface area contributed by atoms with Crippen molar-refractivity contribution in [3.63, 3.8) is 0 Å². The quantitative estimate of drug-likeness (QED) is 0.778. The number of likely N-dealkylation sites (N-methyl/N-ethyl adjacent to an activating group) is 1. The van der Waals surface area contributed by atoms with Crippen molar-refractivity contribution in [3.05, 3.63) is 24.0 Å². The first-order chi connectivity index (χ1) is 9.31. The fraction of sp³-hybridized carbons (Fsp3) is 0.571. The van der Waals surface area contributed by atoms with Gasteiger partial charge in [-0.2, -0.15) is 0 Å². The van der Waals surface area contributed by atoms with Crippen LogP contribution >= 0.6 is 0 Å². The summed E-state index contributed by atoms with van der Waals surface area (Å²) in [5, 5.41) is 11.8. The van der Waals surface area contributed by atoms with E-state index in [-0.39, 0.29) is 18.5 Å². The minimum atomic E-state index is -0.969. The molecule has 0 aliphatic rings. The number of carbonyl (C=O) groups excluding carboxylic acids is 1. The number of hydrogen-bond donors (Lipinski definition) is 2. The first-order valence-electron chi connectivity index (χ1n) is 6.63. The van der Waals surface area contributed by atoms with Crippen LogP contribution in [0.3, 0.4) is 0 Å². The van der Waals surface area contributed by atoms with E-state index in [4.69, 9.17) is 5.11 Å². The molecule has 1 atom stereocenters. The smallest absolute Gasteiger partial charge is 0.323 e. The maximum absolute atomic E-state index is 12.3. The van der Waals surface area contributed by atoms with Gasteiger partial charge in [-0.05, 0) is 32.1 Å². The maximum atomic E-state index is 12.3. The van der Waals surface area contributed by atoms with Crippen molar-refractivity contribution in [3.8, 4) is 0 Å². The Morgan fingerprint density at radius 2 is 2.05 bits per heavy atom. The van der Waals surface area contributed by atoms with Gasteiger partial charge < -0.3 is 19.9 Å². The standard InChI is InChI=1S/C14H23N3O3/c1-10(2)11(8-16(3)4)15-14(20)12-6-5-7-17(12)9-13(18)19/h5-7,10-11H,8-9H2,1-4H3,(H,15,20)(H,18,19). The Labute approximate surface area is 119 Å². The topological polar surface area (TPSA) is 74.6 Å². The maximum Gasteiger partial charge on any atom is 0.323 e. The number of rotatable bonds is 7. The predicted molar refractivity (Wildman–Crippen MR) is 76.7 cm³/mol. The summed E-state index contributed by atoms with van der Waals surface area (Å²) in [7, 11) is 3.91. The van der Waals surface area contributed by atoms with Crippen molar-refractivity contribution in [1.82, 2.24) is 14.8 Å². The minimum absolute atomic E-state index is 0.0191. The molecule has 1 aromatic rings. The van der Waals surface area contributed by atoms with Crippen LogP contribution in [0.25, 0.3) is 0 Å². The largest absolute Gasteiger partial charge is 0.480 e. The Morgan fingerprint density at radius 1 is 1.40 bits per heavy atom. The third-order valence-corrected chi connectivity index (χ3v) is 3.05. The van der Waals surface area contributed by atoms with Gasteiger partial charge in [-0.15, -0.1) is 0 Å². The van der Waals surface area contributed by atoms with Crippen molar-refractivity contribution >= 4 is 11.9 Å². The number of carboxylic acids is 1. The molecular formula is C14H23N3O3. The van der Waals surface area contributed by atoms with Crippen LogP contribution in [0, 0.1) is 5.92 Å². The van der Waals surface area contributed by atoms with E-state index in [1.54, 1.807) is 18.3 Å². The molecular weight excluding hydrogens is 258 g/mol. The van der Waals surface area contributed by atoms with Crippen molar-refractivity contribution in [2.75, 3.05) is 20.6 Å². The monoisotopic (exact) mass is 281 g/mol. The second kappa shape index (κ2) is 7.09. The molecule has 20 heavy (non-hydrogen) atoms. The van der Waals surface area contributed by atoms with Crippen molar-refractivity contribution in [2.45, 2.75) is 26.4 Å². The molecule has 2 N–H and O–H groups in total. The Hall–Kier alpha value is -1.82. The second-order valence-corrected chi connectivity index (χ2v) is 5.50. The molecule has 6 nitrogen and oxygen atoms in total. The predicted octanol–water partition coefficient (Wildman–Crippen LogP) is 0.889. The number of nitrogens with one attached hydrogen (secondary N) is 1. The van der Waals surface area contributed by atoms with Crippen LogP contribution in [0.4, 0.5) is 0 Å². The normalized spacial score (nSPS) is 12.7. The lowest BCUT2D eigenvalue weighted by Gasteiger charge is -2.25. The Balaban J connectivity index is 2.79. The van der Waals surface area contributed by atoms with E-state index < -0.39 is 5.97 Å². The van der Waals surface area contributed by atoms with Gasteiger partial charge in [-0.1, -0.05) is 13.8 Å². The molecule has 1 amide bonds. The molecule has 0 saturated carbocycles. The third kappa shape index (κ3) is 4.70. The molecule has 112 valence electrons. The van der Waals surface area contributed by atoms with Crippen LogP contribution in [0.5, 0.6) is 0 Å². The highest BCUT2D eigenvalue weighted by molar-refractivity contribution is 5.93. The van der Waals surface area contributed by atoms with E-state index in [9.17, 15) is 9.59 Å². The molecule has 0 radical (unpaired) electrons. The molecule has 1 unspecified atom stereocenters. The van der Waals surface area contributed by atoms with Gasteiger partial charge in [-0.25, -0.2) is 0 Å². The van der Waals surface area contributed by atoms with Crippen LogP contribution in [0.2, 0.25) is 0 Å². The first kappa shape index (κ1) is 16.2. The van der Waals surface area contributed by atoms with E-state index in [1.165, 1.54) is 4.57 Å². The lowest BCUT2D eigenvalue weighted by molar-refractivity contribution is -0.137. The lowest BCUT2D eigenvalue weighted by atomic mass is 10.0. The van der Waals surface area contributed by atoms with Gasteiger partial charge in [0, 0.05) is 18.8 Å². The number of aromatic nitrogens is 1. The Kier molecular flexibility index (Phi) is 5.76. The summed E-state index contributed by atoms with van der Waals surface area (Å²) in [5.41, 5.74) is 0.372. The highest BCUT2D eigenvalue weighted by Crippen LogP contribution is 2.07. The molecule has 0 aromatic carbocycles. The molecule has 0 saturated heterocycles. The van der Waals surface area contributed by atoms with Crippen LogP contribution in [-0.4, -0.2) is 53.1 Å². The van der Waals surface area contributed by atoms with Crippen molar-refractivity contribution in [1.29, 1.82) is 0 Å². The van der Waals surface area contributed by atoms with Gasteiger partial charge in [0.15, 0.2) is 0 Å². The van der Waals surface area contributed by atoms with Gasteiger partial charge in [0.05, 0.1) is 0 Å². The van der Waals surface area contributed by atoms with E-state index in [2.05, 4.69) is 5.32 Å². The second-order valence-electron chi connectivity index (χ2n) is 5.50. The highest BCUT2D eigenvalue weighted by atomic mass is 16.4. The number of hydrogen-bond acceptors (Lipinski definition) is 3. The molecule has 1 rings (SSSR count). The van der Waals surface area contributed by atoms with Crippen molar-refractivity contribution < 1.29 is 14.7 Å². The van der Waals surface area contributed by atoms with Crippen LogP contribution < -0.4 is 5.32 Å². The van der Waals surface area contributed by atoms with Crippen LogP contribution in [0.1, 0.15) is 24.3 Å². The number of aliphatic carboxylic acids is 1. The molecule has 1 aromatic heterocycles. The third-order valence-electron chi connectivity index (χ3n) is 3.05. The molecule has 1 heterocycles. The zero-order chi connectivity index (χ0) is 15.3. The highest BCUT2D eigenvalue weighted by Gasteiger charge is 2.20. The molecule has 0 fully saturated rings. The van der Waals surface area contributed by atoms with E-state index >= 15 is 0 Å². The summed E-state index contributed by atoms with van der Waals surface area (Å²) in [6.07, 6.45) is 1.60.